The third-order valence-electron chi connectivity index (χ3n) is 4.16. The van der Waals surface area contributed by atoms with Crippen molar-refractivity contribution in [3.63, 3.8) is 0 Å². The molecule has 2 aromatic carbocycles. The van der Waals surface area contributed by atoms with E-state index in [-0.39, 0.29) is 18.1 Å². The number of thioether (sulfide) groups is 1. The molecule has 3 aromatic rings. The Hall–Kier alpha value is -2.31. The highest BCUT2D eigenvalue weighted by molar-refractivity contribution is 8.00. The average molecular weight is 417 g/mol. The van der Waals surface area contributed by atoms with Crippen LogP contribution in [0.2, 0.25) is 5.02 Å². The van der Waals surface area contributed by atoms with E-state index in [1.807, 2.05) is 37.3 Å². The lowest BCUT2D eigenvalue weighted by molar-refractivity contribution is -0.142. The average Bonchev–Trinajstić information content (AvgIpc) is 2.69. The van der Waals surface area contributed by atoms with E-state index < -0.39 is 5.25 Å². The van der Waals surface area contributed by atoms with Crippen molar-refractivity contribution in [3.8, 4) is 0 Å². The summed E-state index contributed by atoms with van der Waals surface area (Å²) in [5.74, 6) is -0.359. The topological polar surface area (TPSA) is 61.2 Å². The van der Waals surface area contributed by atoms with Crippen LogP contribution in [-0.4, -0.2) is 22.1 Å². The molecule has 0 amide bonds. The SMILES string of the molecule is CCCn1c(S[C@@H](C(=O)OCC)c2ccccc2)nc2cc(Cl)ccc2c1=O. The third-order valence-corrected chi connectivity index (χ3v) is 5.61. The summed E-state index contributed by atoms with van der Waals surface area (Å²) in [6.45, 7) is 4.56. The molecule has 0 aliphatic carbocycles. The molecule has 7 heteroatoms. The standard InChI is InChI=1S/C21H21ClN2O3S/c1-3-12-24-19(25)16-11-10-15(22)13-17(16)23-21(24)28-18(20(26)27-4-2)14-8-6-5-7-9-14/h5-11,13,18H,3-4,12H2,1-2H3/t18-/m1/s1. The van der Waals surface area contributed by atoms with E-state index in [9.17, 15) is 9.59 Å². The number of nitrogens with zero attached hydrogens (tertiary/aromatic N) is 2. The minimum absolute atomic E-state index is 0.137. The molecule has 0 aliphatic heterocycles. The molecule has 146 valence electrons. The first kappa shape index (κ1) is 20.4. The van der Waals surface area contributed by atoms with E-state index in [2.05, 4.69) is 4.98 Å². The number of aromatic nitrogens is 2. The van der Waals surface area contributed by atoms with Gasteiger partial charge in [0, 0.05) is 11.6 Å². The van der Waals surface area contributed by atoms with Crippen molar-refractivity contribution in [2.75, 3.05) is 6.61 Å². The zero-order valence-electron chi connectivity index (χ0n) is 15.7. The van der Waals surface area contributed by atoms with Crippen molar-refractivity contribution in [1.29, 1.82) is 0 Å². The van der Waals surface area contributed by atoms with E-state index >= 15 is 0 Å². The van der Waals surface area contributed by atoms with Gasteiger partial charge in [-0.25, -0.2) is 4.98 Å². The highest BCUT2D eigenvalue weighted by Crippen LogP contribution is 2.35. The van der Waals surface area contributed by atoms with Crippen LogP contribution in [0.25, 0.3) is 10.9 Å². The van der Waals surface area contributed by atoms with Gasteiger partial charge < -0.3 is 4.74 Å². The van der Waals surface area contributed by atoms with Gasteiger partial charge in [0.25, 0.3) is 5.56 Å². The number of benzene rings is 2. The van der Waals surface area contributed by atoms with Gasteiger partial charge in [0.2, 0.25) is 0 Å². The summed E-state index contributed by atoms with van der Waals surface area (Å²) >= 11 is 7.31. The Balaban J connectivity index is 2.12. The minimum atomic E-state index is -0.618. The highest BCUT2D eigenvalue weighted by Gasteiger charge is 2.26. The maximum Gasteiger partial charge on any atom is 0.324 e. The zero-order valence-corrected chi connectivity index (χ0v) is 17.3. The molecule has 1 heterocycles. The van der Waals surface area contributed by atoms with Crippen LogP contribution in [-0.2, 0) is 16.1 Å². The molecule has 0 fully saturated rings. The van der Waals surface area contributed by atoms with Gasteiger partial charge >= 0.3 is 5.97 Å². The van der Waals surface area contributed by atoms with Gasteiger partial charge in [-0.15, -0.1) is 0 Å². The fraction of sp³-hybridized carbons (Fsp3) is 0.286. The Bertz CT molecular complexity index is 1040. The largest absolute Gasteiger partial charge is 0.465 e. The molecule has 0 aliphatic rings. The number of halogens is 1. The highest BCUT2D eigenvalue weighted by atomic mass is 35.5. The van der Waals surface area contributed by atoms with Gasteiger partial charge in [-0.3, -0.25) is 14.2 Å². The van der Waals surface area contributed by atoms with Gasteiger partial charge in [0.15, 0.2) is 5.16 Å². The second kappa shape index (κ2) is 9.26. The molecule has 3 rings (SSSR count). The lowest BCUT2D eigenvalue weighted by Gasteiger charge is -2.18. The van der Waals surface area contributed by atoms with Crippen LogP contribution in [0.5, 0.6) is 0 Å². The molecule has 0 saturated carbocycles. The van der Waals surface area contributed by atoms with Crippen LogP contribution in [0, 0.1) is 0 Å². The fourth-order valence-corrected chi connectivity index (χ4v) is 4.18. The molecule has 0 bridgehead atoms. The summed E-state index contributed by atoms with van der Waals surface area (Å²) in [6.07, 6.45) is 0.768. The maximum atomic E-state index is 13.0. The molecule has 1 aromatic heterocycles. The monoisotopic (exact) mass is 416 g/mol. The number of hydrogen-bond donors (Lipinski definition) is 0. The van der Waals surface area contributed by atoms with E-state index in [0.717, 1.165) is 12.0 Å². The number of esters is 1. The molecule has 0 saturated heterocycles. The third kappa shape index (κ3) is 4.39. The Kier molecular flexibility index (Phi) is 6.75. The van der Waals surface area contributed by atoms with Crippen LogP contribution in [0.1, 0.15) is 31.1 Å². The number of rotatable bonds is 7. The predicted octanol–water partition coefficient (Wildman–Crippen LogP) is 4.86. The Morgan fingerprint density at radius 3 is 2.64 bits per heavy atom. The van der Waals surface area contributed by atoms with Crippen molar-refractivity contribution in [1.82, 2.24) is 9.55 Å². The first-order chi connectivity index (χ1) is 13.5. The summed E-state index contributed by atoms with van der Waals surface area (Å²) in [7, 11) is 0. The number of carbonyl (C=O) groups excluding carboxylic acids is 1. The smallest absolute Gasteiger partial charge is 0.324 e. The molecular formula is C21H21ClN2O3S. The minimum Gasteiger partial charge on any atom is -0.465 e. The predicted molar refractivity (Wildman–Crippen MR) is 113 cm³/mol. The van der Waals surface area contributed by atoms with Crippen molar-refractivity contribution < 1.29 is 9.53 Å². The number of ether oxygens (including phenoxy) is 1. The lowest BCUT2D eigenvalue weighted by Crippen LogP contribution is -2.24. The summed E-state index contributed by atoms with van der Waals surface area (Å²) in [6, 6.07) is 14.4. The van der Waals surface area contributed by atoms with Crippen LogP contribution < -0.4 is 5.56 Å². The second-order valence-electron chi connectivity index (χ2n) is 6.17. The second-order valence-corrected chi connectivity index (χ2v) is 7.68. The van der Waals surface area contributed by atoms with Gasteiger partial charge in [0.1, 0.15) is 5.25 Å². The summed E-state index contributed by atoms with van der Waals surface area (Å²) in [4.78, 5) is 30.3. The lowest BCUT2D eigenvalue weighted by atomic mass is 10.1. The molecule has 0 N–H and O–H groups in total. The molecule has 28 heavy (non-hydrogen) atoms. The van der Waals surface area contributed by atoms with Gasteiger partial charge in [-0.1, -0.05) is 60.6 Å². The molecular weight excluding hydrogens is 396 g/mol. The summed E-state index contributed by atoms with van der Waals surface area (Å²) in [5.41, 5.74) is 1.18. The molecule has 1 atom stereocenters. The van der Waals surface area contributed by atoms with Crippen LogP contribution in [0.15, 0.2) is 58.5 Å². The maximum absolute atomic E-state index is 13.0. The normalized spacial score (nSPS) is 12.1. The van der Waals surface area contributed by atoms with Gasteiger partial charge in [0.05, 0.1) is 17.5 Å². The van der Waals surface area contributed by atoms with E-state index in [1.54, 1.807) is 29.7 Å². The number of hydrogen-bond acceptors (Lipinski definition) is 5. The van der Waals surface area contributed by atoms with Crippen molar-refractivity contribution in [3.05, 3.63) is 69.5 Å². The van der Waals surface area contributed by atoms with Crippen LogP contribution in [0.3, 0.4) is 0 Å². The molecule has 0 unspecified atom stereocenters. The van der Waals surface area contributed by atoms with Crippen molar-refractivity contribution in [2.45, 2.75) is 37.2 Å². The first-order valence-electron chi connectivity index (χ1n) is 9.13. The van der Waals surface area contributed by atoms with Crippen LogP contribution in [0.4, 0.5) is 0 Å². The molecule has 0 radical (unpaired) electrons. The Morgan fingerprint density at radius 2 is 1.96 bits per heavy atom. The van der Waals surface area contributed by atoms with E-state index in [1.165, 1.54) is 11.8 Å². The summed E-state index contributed by atoms with van der Waals surface area (Å²) < 4.78 is 6.89. The Labute approximate surface area is 172 Å². The van der Waals surface area contributed by atoms with E-state index in [4.69, 9.17) is 16.3 Å². The Morgan fingerprint density at radius 1 is 1.21 bits per heavy atom. The van der Waals surface area contributed by atoms with Crippen molar-refractivity contribution >= 4 is 40.2 Å². The first-order valence-corrected chi connectivity index (χ1v) is 10.4. The number of fused-ring (bicyclic) bond motifs is 1. The number of carbonyl (C=O) groups is 1. The van der Waals surface area contributed by atoms with Gasteiger partial charge in [-0.05, 0) is 37.1 Å². The fourth-order valence-electron chi connectivity index (χ4n) is 2.89. The van der Waals surface area contributed by atoms with E-state index in [0.29, 0.717) is 27.6 Å². The quantitative estimate of drug-likeness (QED) is 0.313. The van der Waals surface area contributed by atoms with Crippen molar-refractivity contribution in [2.24, 2.45) is 0 Å². The molecule has 5 nitrogen and oxygen atoms in total. The summed E-state index contributed by atoms with van der Waals surface area (Å²) in [5, 5.41) is 0.875. The van der Waals surface area contributed by atoms with Crippen LogP contribution >= 0.6 is 23.4 Å². The van der Waals surface area contributed by atoms with Gasteiger partial charge in [-0.2, -0.15) is 0 Å². The zero-order chi connectivity index (χ0) is 20.1. The molecule has 0 spiro atoms.